The first kappa shape index (κ1) is 13.5. The molecule has 1 fully saturated rings. The Morgan fingerprint density at radius 2 is 2.11 bits per heavy atom. The monoisotopic (exact) mass is 262 g/mol. The van der Waals surface area contributed by atoms with Crippen molar-refractivity contribution in [2.24, 2.45) is 0 Å². The molecule has 0 aromatic heterocycles. The average molecular weight is 262 g/mol. The van der Waals surface area contributed by atoms with Crippen molar-refractivity contribution < 1.29 is 14.7 Å². The summed E-state index contributed by atoms with van der Waals surface area (Å²) in [6.45, 7) is 0.930. The average Bonchev–Trinajstić information content (AvgIpc) is 2.89. The highest BCUT2D eigenvalue weighted by atomic mass is 16.4. The smallest absolute Gasteiger partial charge is 0.330 e. The second-order valence-electron chi connectivity index (χ2n) is 4.75. The van der Waals surface area contributed by atoms with Crippen LogP contribution in [0.25, 0.3) is 0 Å². The van der Waals surface area contributed by atoms with Crippen LogP contribution in [0.15, 0.2) is 30.3 Å². The third-order valence-corrected chi connectivity index (χ3v) is 3.28. The molecule has 0 bridgehead atoms. The van der Waals surface area contributed by atoms with E-state index in [1.54, 1.807) is 24.3 Å². The Hall–Kier alpha value is -1.88. The predicted octanol–water partition coefficient (Wildman–Crippen LogP) is 1.07. The number of hydrogen-bond donors (Lipinski definition) is 3. The zero-order chi connectivity index (χ0) is 13.7. The lowest BCUT2D eigenvalue weighted by atomic mass is 10.1. The van der Waals surface area contributed by atoms with Crippen LogP contribution in [0.2, 0.25) is 0 Å². The molecule has 3 N–H and O–H groups in total. The molecule has 102 valence electrons. The third-order valence-electron chi connectivity index (χ3n) is 3.28. The van der Waals surface area contributed by atoms with Gasteiger partial charge in [-0.1, -0.05) is 30.3 Å². The van der Waals surface area contributed by atoms with Crippen molar-refractivity contribution in [3.05, 3.63) is 35.9 Å². The molecule has 2 atom stereocenters. The normalized spacial score (nSPS) is 19.9. The van der Waals surface area contributed by atoms with E-state index < -0.39 is 12.0 Å². The molecule has 1 aliphatic rings. The molecule has 0 radical (unpaired) electrons. The van der Waals surface area contributed by atoms with Gasteiger partial charge in [0.1, 0.15) is 0 Å². The molecule has 1 aromatic rings. The summed E-state index contributed by atoms with van der Waals surface area (Å²) in [4.78, 5) is 23.1. The first-order chi connectivity index (χ1) is 9.16. The fraction of sp³-hybridized carbons (Fsp3) is 0.429. The second-order valence-corrected chi connectivity index (χ2v) is 4.75. The number of carboxylic acid groups (broad SMARTS) is 1. The number of benzene rings is 1. The summed E-state index contributed by atoms with van der Waals surface area (Å²) in [6, 6.07) is 7.93. The number of carbonyl (C=O) groups excluding carboxylic acids is 1. The Morgan fingerprint density at radius 3 is 2.68 bits per heavy atom. The SMILES string of the molecule is O=C(CC1CCCN1)N[C@H](C(=O)O)c1ccccc1. The Kier molecular flexibility index (Phi) is 4.52. The van der Waals surface area contributed by atoms with Gasteiger partial charge in [0.25, 0.3) is 0 Å². The molecule has 1 unspecified atom stereocenters. The van der Waals surface area contributed by atoms with E-state index >= 15 is 0 Å². The van der Waals surface area contributed by atoms with Crippen LogP contribution in [0, 0.1) is 0 Å². The van der Waals surface area contributed by atoms with Crippen molar-refractivity contribution in [1.82, 2.24) is 10.6 Å². The molecule has 1 heterocycles. The van der Waals surface area contributed by atoms with Crippen molar-refractivity contribution in [3.8, 4) is 0 Å². The van der Waals surface area contributed by atoms with Crippen molar-refractivity contribution in [2.45, 2.75) is 31.3 Å². The van der Waals surface area contributed by atoms with Gasteiger partial charge in [-0.15, -0.1) is 0 Å². The van der Waals surface area contributed by atoms with Gasteiger partial charge >= 0.3 is 5.97 Å². The zero-order valence-electron chi connectivity index (χ0n) is 10.6. The fourth-order valence-corrected chi connectivity index (χ4v) is 2.31. The highest BCUT2D eigenvalue weighted by Crippen LogP contribution is 2.14. The lowest BCUT2D eigenvalue weighted by molar-refractivity contribution is -0.142. The Bertz CT molecular complexity index is 441. The van der Waals surface area contributed by atoms with E-state index in [4.69, 9.17) is 0 Å². The lowest BCUT2D eigenvalue weighted by Gasteiger charge is -2.16. The highest BCUT2D eigenvalue weighted by Gasteiger charge is 2.24. The molecule has 0 spiro atoms. The number of nitrogens with one attached hydrogen (secondary N) is 2. The first-order valence-electron chi connectivity index (χ1n) is 6.47. The zero-order valence-corrected chi connectivity index (χ0v) is 10.6. The van der Waals surface area contributed by atoms with Gasteiger partial charge in [0.2, 0.25) is 5.91 Å². The highest BCUT2D eigenvalue weighted by molar-refractivity contribution is 5.84. The van der Waals surface area contributed by atoms with E-state index in [0.717, 1.165) is 19.4 Å². The minimum atomic E-state index is -1.04. The molecule has 1 aliphatic heterocycles. The molecular weight excluding hydrogens is 244 g/mol. The Morgan fingerprint density at radius 1 is 1.37 bits per heavy atom. The molecule has 5 nitrogen and oxygen atoms in total. The van der Waals surface area contributed by atoms with E-state index in [1.165, 1.54) is 0 Å². The molecule has 2 rings (SSSR count). The van der Waals surface area contributed by atoms with Crippen molar-refractivity contribution in [1.29, 1.82) is 0 Å². The maximum absolute atomic E-state index is 11.9. The van der Waals surface area contributed by atoms with Gasteiger partial charge in [-0.3, -0.25) is 4.79 Å². The lowest BCUT2D eigenvalue weighted by Crippen LogP contribution is -2.37. The summed E-state index contributed by atoms with van der Waals surface area (Å²) in [5, 5.41) is 15.0. The summed E-state index contributed by atoms with van der Waals surface area (Å²) in [6.07, 6.45) is 2.37. The quantitative estimate of drug-likeness (QED) is 0.741. The van der Waals surface area contributed by atoms with Crippen LogP contribution in [-0.4, -0.2) is 29.6 Å². The predicted molar refractivity (Wildman–Crippen MR) is 70.6 cm³/mol. The first-order valence-corrected chi connectivity index (χ1v) is 6.47. The van der Waals surface area contributed by atoms with Crippen molar-refractivity contribution in [3.63, 3.8) is 0 Å². The van der Waals surface area contributed by atoms with Crippen LogP contribution in [-0.2, 0) is 9.59 Å². The second kappa shape index (κ2) is 6.33. The molecule has 0 aliphatic carbocycles. The molecule has 5 heteroatoms. The standard InChI is InChI=1S/C14H18N2O3/c17-12(9-11-7-4-8-15-11)16-13(14(18)19)10-5-2-1-3-6-10/h1-3,5-6,11,13,15H,4,7-9H2,(H,16,17)(H,18,19)/t11?,13-/m0/s1. The number of carboxylic acids is 1. The summed E-state index contributed by atoms with van der Waals surface area (Å²) < 4.78 is 0. The van der Waals surface area contributed by atoms with Crippen LogP contribution >= 0.6 is 0 Å². The van der Waals surface area contributed by atoms with E-state index in [9.17, 15) is 14.7 Å². The van der Waals surface area contributed by atoms with Crippen molar-refractivity contribution >= 4 is 11.9 Å². The van der Waals surface area contributed by atoms with Crippen LogP contribution < -0.4 is 10.6 Å². The van der Waals surface area contributed by atoms with Crippen LogP contribution in [0.5, 0.6) is 0 Å². The number of hydrogen-bond acceptors (Lipinski definition) is 3. The molecule has 19 heavy (non-hydrogen) atoms. The maximum Gasteiger partial charge on any atom is 0.330 e. The third kappa shape index (κ3) is 3.79. The molecule has 1 aromatic carbocycles. The molecule has 0 saturated carbocycles. The van der Waals surface area contributed by atoms with E-state index in [2.05, 4.69) is 10.6 Å². The summed E-state index contributed by atoms with van der Waals surface area (Å²) >= 11 is 0. The summed E-state index contributed by atoms with van der Waals surface area (Å²) in [5.74, 6) is -1.27. The molecule has 1 saturated heterocycles. The Labute approximate surface area is 112 Å². The van der Waals surface area contributed by atoms with E-state index in [1.807, 2.05) is 6.07 Å². The summed E-state index contributed by atoms with van der Waals surface area (Å²) in [7, 11) is 0. The van der Waals surface area contributed by atoms with Gasteiger partial charge in [-0.05, 0) is 24.9 Å². The van der Waals surface area contributed by atoms with E-state index in [-0.39, 0.29) is 11.9 Å². The van der Waals surface area contributed by atoms with Crippen LogP contribution in [0.4, 0.5) is 0 Å². The number of rotatable bonds is 5. The van der Waals surface area contributed by atoms with Gasteiger partial charge in [-0.25, -0.2) is 4.79 Å². The summed E-state index contributed by atoms with van der Waals surface area (Å²) in [5.41, 5.74) is 0.586. The van der Waals surface area contributed by atoms with Gasteiger partial charge < -0.3 is 15.7 Å². The fourth-order valence-electron chi connectivity index (χ4n) is 2.31. The number of amides is 1. The maximum atomic E-state index is 11.9. The number of carbonyl (C=O) groups is 2. The van der Waals surface area contributed by atoms with Crippen molar-refractivity contribution in [2.75, 3.05) is 6.54 Å². The molecular formula is C14H18N2O3. The van der Waals surface area contributed by atoms with Crippen LogP contribution in [0.3, 0.4) is 0 Å². The topological polar surface area (TPSA) is 78.4 Å². The Balaban J connectivity index is 1.97. The number of aliphatic carboxylic acids is 1. The largest absolute Gasteiger partial charge is 0.479 e. The van der Waals surface area contributed by atoms with E-state index in [0.29, 0.717) is 12.0 Å². The van der Waals surface area contributed by atoms with Gasteiger partial charge in [0, 0.05) is 12.5 Å². The minimum Gasteiger partial charge on any atom is -0.479 e. The van der Waals surface area contributed by atoms with Gasteiger partial charge in [0.15, 0.2) is 6.04 Å². The minimum absolute atomic E-state index is 0.171. The van der Waals surface area contributed by atoms with Crippen LogP contribution in [0.1, 0.15) is 30.9 Å². The van der Waals surface area contributed by atoms with Gasteiger partial charge in [-0.2, -0.15) is 0 Å². The van der Waals surface area contributed by atoms with Gasteiger partial charge in [0.05, 0.1) is 0 Å². The molecule has 1 amide bonds.